The number of aromatic nitrogens is 1. The topological polar surface area (TPSA) is 60.8 Å². The van der Waals surface area contributed by atoms with Crippen molar-refractivity contribution in [3.63, 3.8) is 0 Å². The van der Waals surface area contributed by atoms with Gasteiger partial charge in [0.05, 0.1) is 17.6 Å². The fraction of sp³-hybridized carbons (Fsp3) is 0.500. The molecule has 0 saturated carbocycles. The highest BCUT2D eigenvalue weighted by Crippen LogP contribution is 2.29. The molecule has 2 saturated heterocycles. The molecular weight excluding hydrogens is 216 g/mol. The van der Waals surface area contributed by atoms with E-state index in [4.69, 9.17) is 5.21 Å². The molecule has 0 amide bonds. The predicted molar refractivity (Wildman–Crippen MR) is 65.8 cm³/mol. The summed E-state index contributed by atoms with van der Waals surface area (Å²) >= 11 is 0. The maximum Gasteiger partial charge on any atom is 0.0853 e. The lowest BCUT2D eigenvalue weighted by atomic mass is 10.1. The molecule has 3 rings (SSSR count). The van der Waals surface area contributed by atoms with E-state index in [2.05, 4.69) is 20.4 Å². The first kappa shape index (κ1) is 10.5. The molecule has 2 fully saturated rings. The highest BCUT2D eigenvalue weighted by molar-refractivity contribution is 5.98. The van der Waals surface area contributed by atoms with Crippen LogP contribution >= 0.6 is 0 Å². The number of pyridine rings is 1. The Balaban J connectivity index is 1.89. The number of piperazine rings is 1. The van der Waals surface area contributed by atoms with Gasteiger partial charge in [-0.15, -0.1) is 0 Å². The van der Waals surface area contributed by atoms with Gasteiger partial charge in [-0.05, 0) is 19.4 Å². The standard InChI is InChI=1S/C12H16N4O/c1-8(15-17)9-2-11(5-13-4-9)16-7-10-3-12(16)6-14-10/h2,4-5,10,12,14,17H,3,6-7H2,1H3/b15-8+/t10-,12-/m1/s1. The molecule has 90 valence electrons. The van der Waals surface area contributed by atoms with Crippen LogP contribution in [0.3, 0.4) is 0 Å². The van der Waals surface area contributed by atoms with Crippen LogP contribution in [-0.4, -0.2) is 41.1 Å². The molecule has 17 heavy (non-hydrogen) atoms. The molecule has 1 aromatic heterocycles. The quantitative estimate of drug-likeness (QED) is 0.450. The second kappa shape index (κ2) is 4.00. The van der Waals surface area contributed by atoms with Crippen molar-refractivity contribution in [2.75, 3.05) is 18.0 Å². The normalized spacial score (nSPS) is 27.8. The molecule has 0 aliphatic carbocycles. The van der Waals surface area contributed by atoms with Crippen LogP contribution in [0.5, 0.6) is 0 Å². The highest BCUT2D eigenvalue weighted by atomic mass is 16.4. The van der Waals surface area contributed by atoms with E-state index in [0.717, 1.165) is 24.3 Å². The van der Waals surface area contributed by atoms with Crippen LogP contribution in [-0.2, 0) is 0 Å². The van der Waals surface area contributed by atoms with Gasteiger partial charge in [-0.1, -0.05) is 5.16 Å². The van der Waals surface area contributed by atoms with Gasteiger partial charge in [0.1, 0.15) is 0 Å². The molecule has 5 heteroatoms. The zero-order chi connectivity index (χ0) is 11.8. The number of anilines is 1. The van der Waals surface area contributed by atoms with E-state index in [1.807, 2.05) is 12.3 Å². The van der Waals surface area contributed by atoms with Crippen molar-refractivity contribution in [3.05, 3.63) is 24.0 Å². The Kier molecular flexibility index (Phi) is 2.48. The molecule has 5 nitrogen and oxygen atoms in total. The van der Waals surface area contributed by atoms with Gasteiger partial charge in [-0.3, -0.25) is 4.98 Å². The molecule has 1 aromatic rings. The van der Waals surface area contributed by atoms with Crippen LogP contribution in [0.1, 0.15) is 18.9 Å². The Morgan fingerprint density at radius 2 is 2.47 bits per heavy atom. The summed E-state index contributed by atoms with van der Waals surface area (Å²) in [6.45, 7) is 3.88. The summed E-state index contributed by atoms with van der Waals surface area (Å²) in [5.41, 5.74) is 2.60. The number of rotatable bonds is 2. The first-order chi connectivity index (χ1) is 8.28. The Hall–Kier alpha value is -1.62. The maximum absolute atomic E-state index is 8.79. The van der Waals surface area contributed by atoms with Crippen LogP contribution < -0.4 is 10.2 Å². The number of nitrogens with zero attached hydrogens (tertiary/aromatic N) is 3. The summed E-state index contributed by atoms with van der Waals surface area (Å²) in [6.07, 6.45) is 4.83. The van der Waals surface area contributed by atoms with Crippen molar-refractivity contribution in [3.8, 4) is 0 Å². The number of fused-ring (bicyclic) bond motifs is 2. The van der Waals surface area contributed by atoms with Gasteiger partial charge < -0.3 is 15.4 Å². The van der Waals surface area contributed by atoms with Crippen LogP contribution in [0.4, 0.5) is 5.69 Å². The minimum absolute atomic E-state index is 0.587. The van der Waals surface area contributed by atoms with E-state index < -0.39 is 0 Å². The van der Waals surface area contributed by atoms with E-state index >= 15 is 0 Å². The Bertz CT molecular complexity index is 460. The number of hydrogen-bond acceptors (Lipinski definition) is 5. The van der Waals surface area contributed by atoms with E-state index in [-0.39, 0.29) is 0 Å². The molecule has 2 bridgehead atoms. The minimum atomic E-state index is 0.587. The van der Waals surface area contributed by atoms with Crippen molar-refractivity contribution < 1.29 is 5.21 Å². The molecule has 2 N–H and O–H groups in total. The van der Waals surface area contributed by atoms with Gasteiger partial charge in [0.25, 0.3) is 0 Å². The second-order valence-corrected chi connectivity index (χ2v) is 4.76. The van der Waals surface area contributed by atoms with Crippen molar-refractivity contribution in [1.29, 1.82) is 0 Å². The molecule has 0 spiro atoms. The number of oxime groups is 1. The lowest BCUT2D eigenvalue weighted by Gasteiger charge is -2.29. The van der Waals surface area contributed by atoms with Crippen molar-refractivity contribution in [1.82, 2.24) is 10.3 Å². The third-order valence-corrected chi connectivity index (χ3v) is 3.68. The van der Waals surface area contributed by atoms with Crippen molar-refractivity contribution in [2.45, 2.75) is 25.4 Å². The summed E-state index contributed by atoms with van der Waals surface area (Å²) < 4.78 is 0. The monoisotopic (exact) mass is 232 g/mol. The van der Waals surface area contributed by atoms with E-state index in [9.17, 15) is 0 Å². The van der Waals surface area contributed by atoms with Crippen molar-refractivity contribution >= 4 is 11.4 Å². The van der Waals surface area contributed by atoms with Crippen LogP contribution in [0, 0.1) is 0 Å². The third kappa shape index (κ3) is 1.76. The van der Waals surface area contributed by atoms with Crippen LogP contribution in [0.2, 0.25) is 0 Å². The fourth-order valence-corrected chi connectivity index (χ4v) is 2.72. The van der Waals surface area contributed by atoms with Crippen LogP contribution in [0.15, 0.2) is 23.6 Å². The van der Waals surface area contributed by atoms with E-state index in [1.54, 1.807) is 13.1 Å². The molecule has 2 atom stereocenters. The van der Waals surface area contributed by atoms with Crippen LogP contribution in [0.25, 0.3) is 0 Å². The Morgan fingerprint density at radius 1 is 1.59 bits per heavy atom. The van der Waals surface area contributed by atoms with Gasteiger partial charge in [0, 0.05) is 36.9 Å². The SMILES string of the molecule is C/C(=N\O)c1cncc(N2C[C@H]3C[C@@H]2CN3)c1. The Labute approximate surface area is 100 Å². The summed E-state index contributed by atoms with van der Waals surface area (Å²) in [7, 11) is 0. The second-order valence-electron chi connectivity index (χ2n) is 4.76. The van der Waals surface area contributed by atoms with Gasteiger partial charge in [0.2, 0.25) is 0 Å². The Morgan fingerprint density at radius 3 is 3.12 bits per heavy atom. The summed E-state index contributed by atoms with van der Waals surface area (Å²) in [5, 5.41) is 15.5. The average Bonchev–Trinajstić information content (AvgIpc) is 3.00. The smallest absolute Gasteiger partial charge is 0.0853 e. The molecular formula is C12H16N4O. The van der Waals surface area contributed by atoms with Gasteiger partial charge in [0.15, 0.2) is 0 Å². The predicted octanol–water partition coefficient (Wildman–Crippen LogP) is 0.830. The molecule has 0 radical (unpaired) electrons. The first-order valence-corrected chi connectivity index (χ1v) is 5.92. The van der Waals surface area contributed by atoms with Gasteiger partial charge in [-0.25, -0.2) is 0 Å². The minimum Gasteiger partial charge on any atom is -0.411 e. The van der Waals surface area contributed by atoms with E-state index in [1.165, 1.54) is 6.42 Å². The zero-order valence-corrected chi connectivity index (χ0v) is 9.80. The lowest BCUT2D eigenvalue weighted by molar-refractivity contribution is 0.319. The largest absolute Gasteiger partial charge is 0.411 e. The number of nitrogens with one attached hydrogen (secondary N) is 1. The van der Waals surface area contributed by atoms with Gasteiger partial charge >= 0.3 is 0 Å². The zero-order valence-electron chi connectivity index (χ0n) is 9.80. The van der Waals surface area contributed by atoms with Gasteiger partial charge in [-0.2, -0.15) is 0 Å². The average molecular weight is 232 g/mol. The molecule has 0 unspecified atom stereocenters. The summed E-state index contributed by atoms with van der Waals surface area (Å²) in [4.78, 5) is 6.62. The highest BCUT2D eigenvalue weighted by Gasteiger charge is 2.37. The summed E-state index contributed by atoms with van der Waals surface area (Å²) in [6, 6.07) is 3.25. The lowest BCUT2D eigenvalue weighted by Crippen LogP contribution is -2.43. The van der Waals surface area contributed by atoms with Crippen molar-refractivity contribution in [2.24, 2.45) is 5.16 Å². The third-order valence-electron chi connectivity index (χ3n) is 3.68. The first-order valence-electron chi connectivity index (χ1n) is 5.92. The fourth-order valence-electron chi connectivity index (χ4n) is 2.72. The molecule has 2 aliphatic rings. The van der Waals surface area contributed by atoms with E-state index in [0.29, 0.717) is 17.8 Å². The molecule has 0 aromatic carbocycles. The molecule has 3 heterocycles. The molecule has 2 aliphatic heterocycles. The number of hydrogen-bond donors (Lipinski definition) is 2. The summed E-state index contributed by atoms with van der Waals surface area (Å²) in [5.74, 6) is 0. The maximum atomic E-state index is 8.79.